The van der Waals surface area contributed by atoms with E-state index in [4.69, 9.17) is 9.11 Å². The molecule has 0 atom stereocenters. The fourth-order valence-corrected chi connectivity index (χ4v) is 2.69. The van der Waals surface area contributed by atoms with Crippen molar-refractivity contribution in [3.63, 3.8) is 0 Å². The van der Waals surface area contributed by atoms with Crippen LogP contribution >= 0.6 is 0 Å². The van der Waals surface area contributed by atoms with E-state index in [2.05, 4.69) is 0 Å². The Morgan fingerprint density at radius 2 is 1.50 bits per heavy atom. The van der Waals surface area contributed by atoms with Crippen LogP contribution in [0.3, 0.4) is 0 Å². The molecule has 0 rings (SSSR count). The van der Waals surface area contributed by atoms with Crippen molar-refractivity contribution in [2.75, 3.05) is 5.75 Å². The van der Waals surface area contributed by atoms with Gasteiger partial charge in [0.05, 0.1) is 10.7 Å². The lowest BCUT2D eigenvalue weighted by atomic mass is 10.2. The van der Waals surface area contributed by atoms with Crippen LogP contribution in [0.15, 0.2) is 10.5 Å². The van der Waals surface area contributed by atoms with E-state index in [0.29, 0.717) is 5.57 Å². The molecule has 0 bridgehead atoms. The number of hydrogen-bond donors (Lipinski definition) is 2. The van der Waals surface area contributed by atoms with E-state index in [1.165, 1.54) is 0 Å². The Balaban J connectivity index is 4.36. The van der Waals surface area contributed by atoms with E-state index in [9.17, 15) is 16.8 Å². The molecular weight excluding hydrogens is 256 g/mol. The van der Waals surface area contributed by atoms with E-state index >= 15 is 0 Å². The lowest BCUT2D eigenvalue weighted by Crippen LogP contribution is -2.06. The number of rotatable bonds is 6. The number of unbranched alkanes of at least 4 members (excludes halogenated alkanes) is 1. The predicted molar refractivity (Wildman–Crippen MR) is 60.2 cm³/mol. The Labute approximate surface area is 95.9 Å². The van der Waals surface area contributed by atoms with Gasteiger partial charge in [-0.05, 0) is 33.1 Å². The summed E-state index contributed by atoms with van der Waals surface area (Å²) in [5.41, 5.74) is 0.467. The molecule has 0 spiro atoms. The third-order valence-corrected chi connectivity index (χ3v) is 3.96. The fraction of sp³-hybridized carbons (Fsp3) is 0.750. The fourth-order valence-electron chi connectivity index (χ4n) is 1.21. The van der Waals surface area contributed by atoms with Crippen molar-refractivity contribution < 1.29 is 25.9 Å². The summed E-state index contributed by atoms with van der Waals surface area (Å²) in [5, 5.41) is 0. The van der Waals surface area contributed by atoms with Gasteiger partial charge >= 0.3 is 0 Å². The Kier molecular flexibility index (Phi) is 5.60. The van der Waals surface area contributed by atoms with Gasteiger partial charge in [0, 0.05) is 0 Å². The Morgan fingerprint density at radius 3 is 1.81 bits per heavy atom. The molecule has 0 aliphatic carbocycles. The predicted octanol–water partition coefficient (Wildman–Crippen LogP) is 1.23. The van der Waals surface area contributed by atoms with Gasteiger partial charge in [-0.3, -0.25) is 9.11 Å². The first-order valence-corrected chi connectivity index (χ1v) is 7.68. The summed E-state index contributed by atoms with van der Waals surface area (Å²) in [6.07, 6.45) is 0.474. The van der Waals surface area contributed by atoms with Crippen LogP contribution in [-0.2, 0) is 20.2 Å². The highest BCUT2D eigenvalue weighted by Gasteiger charge is 2.15. The van der Waals surface area contributed by atoms with Crippen molar-refractivity contribution >= 4 is 20.2 Å². The molecule has 0 amide bonds. The van der Waals surface area contributed by atoms with Crippen molar-refractivity contribution in [1.29, 1.82) is 0 Å². The van der Waals surface area contributed by atoms with Crippen molar-refractivity contribution in [3.8, 4) is 0 Å². The SMILES string of the molecule is CC(C)=C(CCCCS(=O)(=O)O)S(=O)(=O)O. The summed E-state index contributed by atoms with van der Waals surface area (Å²) in [4.78, 5) is -0.0946. The van der Waals surface area contributed by atoms with Crippen LogP contribution in [0.1, 0.15) is 33.1 Å². The largest absolute Gasteiger partial charge is 0.290 e. The maximum Gasteiger partial charge on any atom is 0.290 e. The monoisotopic (exact) mass is 272 g/mol. The molecule has 0 saturated carbocycles. The van der Waals surface area contributed by atoms with Crippen LogP contribution in [-0.4, -0.2) is 31.7 Å². The summed E-state index contributed by atoms with van der Waals surface area (Å²) in [5.74, 6) is -0.408. The standard InChI is InChI=1S/C8H16O6S2/c1-7(2)8(16(12,13)14)5-3-4-6-15(9,10)11/h3-6H2,1-2H3,(H,9,10,11)(H,12,13,14). The minimum atomic E-state index is -4.21. The molecule has 0 aromatic heterocycles. The Morgan fingerprint density at radius 1 is 1.00 bits per heavy atom. The quantitative estimate of drug-likeness (QED) is 0.556. The average molecular weight is 272 g/mol. The van der Waals surface area contributed by atoms with Crippen LogP contribution in [0.5, 0.6) is 0 Å². The first-order chi connectivity index (χ1) is 7.04. The maximum absolute atomic E-state index is 10.9. The molecule has 0 aliphatic rings. The zero-order valence-corrected chi connectivity index (χ0v) is 10.8. The van der Waals surface area contributed by atoms with Crippen LogP contribution in [0.4, 0.5) is 0 Å². The zero-order valence-electron chi connectivity index (χ0n) is 9.17. The molecule has 0 saturated heterocycles. The third-order valence-electron chi connectivity index (χ3n) is 1.93. The molecule has 0 radical (unpaired) electrons. The first kappa shape index (κ1) is 15.6. The second-order valence-corrected chi connectivity index (χ2v) is 6.66. The topological polar surface area (TPSA) is 109 Å². The second-order valence-electron chi connectivity index (χ2n) is 3.64. The van der Waals surface area contributed by atoms with Crippen LogP contribution in [0, 0.1) is 0 Å². The van der Waals surface area contributed by atoms with Gasteiger partial charge in [0.1, 0.15) is 0 Å². The van der Waals surface area contributed by atoms with E-state index in [1.807, 2.05) is 0 Å². The molecule has 2 N–H and O–H groups in total. The minimum Gasteiger partial charge on any atom is -0.286 e. The lowest BCUT2D eigenvalue weighted by Gasteiger charge is -2.05. The molecule has 0 unspecified atom stereocenters. The highest BCUT2D eigenvalue weighted by atomic mass is 32.2. The molecule has 16 heavy (non-hydrogen) atoms. The van der Waals surface area contributed by atoms with Crippen LogP contribution in [0.25, 0.3) is 0 Å². The molecule has 0 aromatic rings. The summed E-state index contributed by atoms with van der Waals surface area (Å²) in [6, 6.07) is 0. The molecule has 96 valence electrons. The van der Waals surface area contributed by atoms with Gasteiger partial charge in [-0.2, -0.15) is 16.8 Å². The smallest absolute Gasteiger partial charge is 0.286 e. The van der Waals surface area contributed by atoms with E-state index < -0.39 is 26.0 Å². The Hall–Kier alpha value is -0.440. The third kappa shape index (κ3) is 6.94. The summed E-state index contributed by atoms with van der Waals surface area (Å²) in [6.45, 7) is 3.10. The van der Waals surface area contributed by atoms with Crippen molar-refractivity contribution in [3.05, 3.63) is 10.5 Å². The molecule has 0 heterocycles. The average Bonchev–Trinajstić information content (AvgIpc) is 1.97. The van der Waals surface area contributed by atoms with Gasteiger partial charge < -0.3 is 0 Å². The summed E-state index contributed by atoms with van der Waals surface area (Å²) >= 11 is 0. The number of hydrogen-bond acceptors (Lipinski definition) is 4. The van der Waals surface area contributed by atoms with Gasteiger partial charge in [-0.1, -0.05) is 5.57 Å². The molecular formula is C8H16O6S2. The molecule has 0 aliphatic heterocycles. The van der Waals surface area contributed by atoms with Gasteiger partial charge in [0.25, 0.3) is 20.2 Å². The zero-order chi connectivity index (χ0) is 13.0. The van der Waals surface area contributed by atoms with Crippen molar-refractivity contribution in [1.82, 2.24) is 0 Å². The molecule has 8 heteroatoms. The first-order valence-electron chi connectivity index (χ1n) is 4.63. The van der Waals surface area contributed by atoms with Gasteiger partial charge in [0.15, 0.2) is 0 Å². The Bertz CT molecular complexity index is 453. The summed E-state index contributed by atoms with van der Waals surface area (Å²) in [7, 11) is -8.22. The van der Waals surface area contributed by atoms with Gasteiger partial charge in [0.2, 0.25) is 0 Å². The highest BCUT2D eigenvalue weighted by molar-refractivity contribution is 7.89. The van der Waals surface area contributed by atoms with E-state index in [1.54, 1.807) is 13.8 Å². The molecule has 6 nitrogen and oxygen atoms in total. The van der Waals surface area contributed by atoms with Crippen LogP contribution in [0.2, 0.25) is 0 Å². The highest BCUT2D eigenvalue weighted by Crippen LogP contribution is 2.18. The second kappa shape index (κ2) is 5.76. The normalized spacial score (nSPS) is 12.5. The van der Waals surface area contributed by atoms with Crippen LogP contribution < -0.4 is 0 Å². The summed E-state index contributed by atoms with van der Waals surface area (Å²) < 4.78 is 59.9. The minimum absolute atomic E-state index is 0.0662. The van der Waals surface area contributed by atoms with Crippen molar-refractivity contribution in [2.45, 2.75) is 33.1 Å². The van der Waals surface area contributed by atoms with Gasteiger partial charge in [-0.15, -0.1) is 0 Å². The maximum atomic E-state index is 10.9. The number of allylic oxidation sites excluding steroid dienone is 2. The van der Waals surface area contributed by atoms with Crippen molar-refractivity contribution in [2.24, 2.45) is 0 Å². The molecule has 0 fully saturated rings. The van der Waals surface area contributed by atoms with Gasteiger partial charge in [-0.25, -0.2) is 0 Å². The van der Waals surface area contributed by atoms with E-state index in [0.717, 1.165) is 0 Å². The van der Waals surface area contributed by atoms with E-state index in [-0.39, 0.29) is 24.2 Å². The molecule has 0 aromatic carbocycles. The lowest BCUT2D eigenvalue weighted by molar-refractivity contribution is 0.480.